The minimum atomic E-state index is -4.64. The highest BCUT2D eigenvalue weighted by Crippen LogP contribution is 2.40. The number of hydrogen-bond acceptors (Lipinski definition) is 20. The van der Waals surface area contributed by atoms with Crippen LogP contribution in [0.4, 0.5) is 31.5 Å². The Morgan fingerprint density at radius 3 is 1.62 bits per heavy atom. The predicted octanol–water partition coefficient (Wildman–Crippen LogP) is 8.18. The lowest BCUT2D eigenvalue weighted by atomic mass is 9.95. The van der Waals surface area contributed by atoms with Gasteiger partial charge in [-0.05, 0) is 45.2 Å². The molecule has 8 heterocycles. The smallest absolute Gasteiger partial charge is 0.446 e. The number of aliphatic imine (C=N–C) groups is 2. The van der Waals surface area contributed by atoms with E-state index in [0.29, 0.717) is 108 Å². The van der Waals surface area contributed by atoms with Crippen molar-refractivity contribution < 1.29 is 84.7 Å². The fourth-order valence-electron chi connectivity index (χ4n) is 10.3. The predicted molar refractivity (Wildman–Crippen MR) is 334 cm³/mol. The number of ether oxygens (including phenoxy) is 4. The number of nitrogens with one attached hydrogen (secondary N) is 2. The highest BCUT2D eigenvalue weighted by atomic mass is 79.9. The van der Waals surface area contributed by atoms with Gasteiger partial charge in [0.15, 0.2) is 21.7 Å². The summed E-state index contributed by atoms with van der Waals surface area (Å²) in [5.74, 6) is -3.42. The second-order valence-electron chi connectivity index (χ2n) is 20.3. The van der Waals surface area contributed by atoms with E-state index in [1.54, 1.807) is 53.1 Å². The highest BCUT2D eigenvalue weighted by Gasteiger charge is 2.43. The van der Waals surface area contributed by atoms with Gasteiger partial charge in [-0.15, -0.1) is 22.7 Å². The number of aliphatic carboxylic acids is 2. The van der Waals surface area contributed by atoms with Gasteiger partial charge in [0.25, 0.3) is 0 Å². The summed E-state index contributed by atoms with van der Waals surface area (Å²) < 4.78 is 80.5. The van der Waals surface area contributed by atoms with Gasteiger partial charge >= 0.3 is 42.1 Å². The van der Waals surface area contributed by atoms with Crippen LogP contribution in [0.25, 0.3) is 0 Å². The number of nitrogens with zero attached hydrogens (tertiary/aromatic N) is 9. The van der Waals surface area contributed by atoms with Gasteiger partial charge < -0.3 is 66.8 Å². The molecule has 4 amide bonds. The summed E-state index contributed by atoms with van der Waals surface area (Å²) >= 11 is 18.7. The summed E-state index contributed by atoms with van der Waals surface area (Å²) in [6.07, 6.45) is 0.967. The van der Waals surface area contributed by atoms with Crippen molar-refractivity contribution in [1.29, 1.82) is 0 Å². The molecule has 92 heavy (non-hydrogen) atoms. The molecule has 4 atom stereocenters. The SMILES string of the molecule is CCOC(=O)C1=C(CBr)NC(c2nccs2)=N[C@H]1c1cccc(F)c1Cl.CCOC(=O)C1=C(CN2CCN3C(=O)N(CCOCC(=O)O)CC3C2)NC(c2nccs2)=N[C@H]1c1cccc(F)c1Cl.O=C(O)COCCN1CC2CCCCN2C1=O.O=CC(F)(F)F.[CH3-]. The second-order valence-corrected chi connectivity index (χ2v) is 23.4. The fraction of sp³-hybridized carbons (Fsp3) is 0.448. The van der Waals surface area contributed by atoms with Gasteiger partial charge in [-0.1, -0.05) is 63.4 Å². The summed E-state index contributed by atoms with van der Waals surface area (Å²) in [6.45, 7) is 8.21. The number of aromatic nitrogens is 2. The maximum atomic E-state index is 14.6. The third-order valence-electron chi connectivity index (χ3n) is 14.3. The topological polar surface area (TPSA) is 288 Å². The Bertz CT molecular complexity index is 3370. The number of rotatable bonds is 21. The van der Waals surface area contributed by atoms with Gasteiger partial charge in [0, 0.05) is 110 Å². The van der Waals surface area contributed by atoms with E-state index < -0.39 is 66.7 Å². The first-order chi connectivity index (χ1) is 43.6. The average molecular weight is 1440 g/mol. The lowest BCUT2D eigenvalue weighted by molar-refractivity contribution is -0.156. The van der Waals surface area contributed by atoms with Crippen molar-refractivity contribution in [2.45, 2.75) is 63.5 Å². The third kappa shape index (κ3) is 19.7. The monoisotopic (exact) mass is 1430 g/mol. The number of carbonyl (C=O) groups excluding carboxylic acids is 5. The van der Waals surface area contributed by atoms with Gasteiger partial charge in [0.2, 0.25) is 6.29 Å². The van der Waals surface area contributed by atoms with E-state index in [1.807, 2.05) is 15.7 Å². The number of esters is 2. The minimum Gasteiger partial charge on any atom is -0.480 e. The number of benzene rings is 2. The van der Waals surface area contributed by atoms with Crippen LogP contribution < -0.4 is 10.6 Å². The summed E-state index contributed by atoms with van der Waals surface area (Å²) in [5, 5.41) is 28.6. The zero-order chi connectivity index (χ0) is 65.9. The van der Waals surface area contributed by atoms with Gasteiger partial charge in [-0.25, -0.2) is 47.5 Å². The van der Waals surface area contributed by atoms with Crippen LogP contribution in [0, 0.1) is 19.1 Å². The molecule has 500 valence electrons. The molecule has 4 fully saturated rings. The molecular formula is C58H66BrCl2F5N11O13S2-. The van der Waals surface area contributed by atoms with Gasteiger partial charge in [0.1, 0.15) is 36.9 Å². The van der Waals surface area contributed by atoms with Crippen molar-refractivity contribution in [3.8, 4) is 0 Å². The molecule has 4 N–H and O–H groups in total. The first-order valence-corrected chi connectivity index (χ1v) is 31.9. The molecule has 2 aromatic heterocycles. The molecule has 24 nitrogen and oxygen atoms in total. The van der Waals surface area contributed by atoms with Crippen LogP contribution in [0.15, 0.2) is 92.1 Å². The largest absolute Gasteiger partial charge is 0.480 e. The number of piperazine rings is 1. The van der Waals surface area contributed by atoms with Crippen LogP contribution in [0.3, 0.4) is 0 Å². The molecule has 0 saturated carbocycles. The number of piperidine rings is 1. The number of thiazole rings is 2. The third-order valence-corrected chi connectivity index (χ3v) is 17.2. The highest BCUT2D eigenvalue weighted by molar-refractivity contribution is 9.09. The Balaban J connectivity index is 0.000000228. The Morgan fingerprint density at radius 2 is 1.18 bits per heavy atom. The number of aldehydes is 1. The maximum absolute atomic E-state index is 14.6. The fourth-order valence-corrected chi connectivity index (χ4v) is 12.4. The van der Waals surface area contributed by atoms with E-state index in [0.717, 1.165) is 25.9 Å². The van der Waals surface area contributed by atoms with E-state index >= 15 is 0 Å². The molecule has 0 bridgehead atoms. The molecule has 6 aliphatic heterocycles. The molecule has 0 aliphatic carbocycles. The maximum Gasteiger partial charge on any atom is 0.446 e. The molecule has 0 spiro atoms. The lowest BCUT2D eigenvalue weighted by Crippen LogP contribution is -2.53. The van der Waals surface area contributed by atoms with Crippen LogP contribution in [0.5, 0.6) is 0 Å². The molecule has 4 aromatic rings. The molecule has 6 aliphatic rings. The van der Waals surface area contributed by atoms with Crippen LogP contribution >= 0.6 is 61.8 Å². The van der Waals surface area contributed by atoms with E-state index in [-0.39, 0.29) is 73.1 Å². The van der Waals surface area contributed by atoms with E-state index in [1.165, 1.54) is 53.4 Å². The quantitative estimate of drug-likeness (QED) is 0.0153. The molecule has 2 unspecified atom stereocenters. The van der Waals surface area contributed by atoms with Crippen molar-refractivity contribution in [1.82, 2.24) is 45.1 Å². The van der Waals surface area contributed by atoms with Crippen LogP contribution in [-0.2, 0) is 42.9 Å². The van der Waals surface area contributed by atoms with Crippen molar-refractivity contribution in [3.63, 3.8) is 0 Å². The number of carbonyl (C=O) groups is 7. The zero-order valence-electron chi connectivity index (χ0n) is 49.8. The summed E-state index contributed by atoms with van der Waals surface area (Å²) in [7, 11) is 0. The number of amides is 4. The second kappa shape index (κ2) is 35.2. The number of carboxylic acid groups (broad SMARTS) is 2. The van der Waals surface area contributed by atoms with Crippen molar-refractivity contribution in [3.05, 3.63) is 132 Å². The zero-order valence-corrected chi connectivity index (χ0v) is 54.6. The molecule has 2 aromatic carbocycles. The van der Waals surface area contributed by atoms with E-state index in [9.17, 15) is 50.7 Å². The van der Waals surface area contributed by atoms with Crippen LogP contribution in [0.2, 0.25) is 10.0 Å². The standard InChI is InChI=1S/C27H30ClFN6O6S.C17H14BrClFN3O2S.C11H18N2O4.C2HF3O.CH3/c1-2-41-26(38)21-19(14-33-7-8-35-16(12-33)13-34(27(35)39)9-10-40-15-20(36)37)31-24(25-30-6-11-42-25)32-23(21)17-4-3-5-18(29)22(17)28;1-2-25-17(24)12-11(8-18)22-15(16-21-6-7-26-16)23-14(12)9-4-3-5-10(20)13(9)19;14-10(15)8-17-6-5-12-7-9-3-1-2-4-13(9)11(12)16;3-2(4,5)1-6;/h3-6,11,16,23H,2,7-10,12-15H2,1H3,(H,31,32)(H,36,37);3-7,14H,2,8H2,1H3,(H,22,23);9H,1-8H2,(H,14,15);1H;1H3/q;;;;-1/t16?,23-;14-;;;/m00.../s1. The number of carboxylic acids is 2. The van der Waals surface area contributed by atoms with Gasteiger partial charge in [-0.2, -0.15) is 13.2 Å². The summed E-state index contributed by atoms with van der Waals surface area (Å²) in [5.41, 5.74) is 2.36. The average Bonchev–Trinajstić information content (AvgIpc) is 0.826. The van der Waals surface area contributed by atoms with Gasteiger partial charge in [0.05, 0.1) is 59.7 Å². The van der Waals surface area contributed by atoms with Crippen molar-refractivity contribution in [2.24, 2.45) is 9.98 Å². The molecule has 10 rings (SSSR count). The number of urea groups is 2. The summed E-state index contributed by atoms with van der Waals surface area (Å²) in [4.78, 5) is 108. The van der Waals surface area contributed by atoms with Crippen LogP contribution in [0.1, 0.15) is 66.3 Å². The number of halogens is 8. The Hall–Kier alpha value is -7.20. The minimum absolute atomic E-state index is 0. The van der Waals surface area contributed by atoms with E-state index in [4.69, 9.17) is 62.1 Å². The molecule has 34 heteroatoms. The Kier molecular flexibility index (Phi) is 28.2. The van der Waals surface area contributed by atoms with Crippen LogP contribution in [-0.4, -0.2) is 221 Å². The summed E-state index contributed by atoms with van der Waals surface area (Å²) in [6, 6.07) is 7.35. The molecule has 4 saturated heterocycles. The lowest BCUT2D eigenvalue weighted by Gasteiger charge is -2.38. The first-order valence-electron chi connectivity index (χ1n) is 28.3. The Labute approximate surface area is 552 Å². The number of amidine groups is 2. The Morgan fingerprint density at radius 1 is 0.717 bits per heavy atom. The van der Waals surface area contributed by atoms with E-state index in [2.05, 4.69) is 46.4 Å². The number of alkyl halides is 4. The van der Waals surface area contributed by atoms with Crippen molar-refractivity contribution >= 4 is 116 Å². The molecular weight excluding hydrogens is 1370 g/mol. The molecule has 0 radical (unpaired) electrons. The number of allylic oxidation sites excluding steroid dienone is 1. The van der Waals surface area contributed by atoms with Crippen molar-refractivity contribution in [2.75, 3.05) is 104 Å². The normalized spacial score (nSPS) is 19.5. The number of fused-ring (bicyclic) bond motifs is 2. The number of hydrogen-bond donors (Lipinski definition) is 4. The first kappa shape index (κ1) is 73.8. The van der Waals surface area contributed by atoms with Gasteiger partial charge in [-0.3, -0.25) is 19.7 Å².